The number of aryl methyl sites for hydroxylation is 2. The molecule has 0 amide bonds. The number of hydrogen-bond donors (Lipinski definition) is 2. The molecule has 1 heterocycles. The summed E-state index contributed by atoms with van der Waals surface area (Å²) in [6, 6.07) is 16.6. The Kier molecular flexibility index (Phi) is 3.48. The molecule has 0 aliphatic rings. The zero-order valence-electron chi connectivity index (χ0n) is 11.9. The van der Waals surface area contributed by atoms with Gasteiger partial charge in [-0.15, -0.1) is 0 Å². The highest BCUT2D eigenvalue weighted by Crippen LogP contribution is 2.25. The van der Waals surface area contributed by atoms with Crippen LogP contribution in [0.5, 0.6) is 0 Å². The van der Waals surface area contributed by atoms with E-state index >= 15 is 0 Å². The number of hydrogen-bond acceptors (Lipinski definition) is 1. The third kappa shape index (κ3) is 2.97. The average molecular weight is 279 g/mol. The van der Waals surface area contributed by atoms with Crippen LogP contribution in [-0.2, 0) is 11.2 Å². The molecule has 2 N–H and O–H groups in total. The van der Waals surface area contributed by atoms with Crippen molar-refractivity contribution in [1.29, 1.82) is 0 Å². The monoisotopic (exact) mass is 279 g/mol. The molecule has 0 bridgehead atoms. The maximum absolute atomic E-state index is 10.6. The fourth-order valence-electron chi connectivity index (χ4n) is 2.48. The van der Waals surface area contributed by atoms with Crippen LogP contribution in [0.4, 0.5) is 0 Å². The molecule has 0 saturated heterocycles. The normalized spacial score (nSPS) is 10.9. The predicted molar refractivity (Wildman–Crippen MR) is 84.4 cm³/mol. The van der Waals surface area contributed by atoms with Crippen molar-refractivity contribution in [2.45, 2.75) is 19.8 Å². The fraction of sp³-hybridized carbons (Fsp3) is 0.167. The maximum Gasteiger partial charge on any atom is 0.303 e. The van der Waals surface area contributed by atoms with Crippen LogP contribution in [0.3, 0.4) is 0 Å². The molecular weight excluding hydrogens is 262 g/mol. The van der Waals surface area contributed by atoms with E-state index < -0.39 is 5.97 Å². The van der Waals surface area contributed by atoms with Gasteiger partial charge in [0, 0.05) is 23.0 Å². The summed E-state index contributed by atoms with van der Waals surface area (Å²) in [4.78, 5) is 14.1. The van der Waals surface area contributed by atoms with E-state index in [4.69, 9.17) is 5.11 Å². The third-order valence-electron chi connectivity index (χ3n) is 3.68. The van der Waals surface area contributed by atoms with Crippen LogP contribution in [0.2, 0.25) is 0 Å². The highest BCUT2D eigenvalue weighted by molar-refractivity contribution is 5.86. The van der Waals surface area contributed by atoms with E-state index in [2.05, 4.69) is 48.3 Å². The van der Waals surface area contributed by atoms with Crippen molar-refractivity contribution in [3.8, 4) is 11.3 Å². The number of nitrogens with one attached hydrogen (secondary N) is 1. The second kappa shape index (κ2) is 5.44. The Morgan fingerprint density at radius 1 is 1.10 bits per heavy atom. The van der Waals surface area contributed by atoms with Crippen LogP contribution < -0.4 is 0 Å². The van der Waals surface area contributed by atoms with Gasteiger partial charge in [0.25, 0.3) is 0 Å². The molecule has 0 saturated carbocycles. The number of carbonyl (C=O) groups is 1. The Morgan fingerprint density at radius 2 is 1.86 bits per heavy atom. The van der Waals surface area contributed by atoms with E-state index in [0.717, 1.165) is 27.7 Å². The van der Waals surface area contributed by atoms with E-state index in [1.165, 1.54) is 5.56 Å². The van der Waals surface area contributed by atoms with Gasteiger partial charge in [0.1, 0.15) is 0 Å². The van der Waals surface area contributed by atoms with E-state index in [-0.39, 0.29) is 6.42 Å². The first-order valence-corrected chi connectivity index (χ1v) is 7.02. The van der Waals surface area contributed by atoms with Gasteiger partial charge in [0.05, 0.1) is 0 Å². The van der Waals surface area contributed by atoms with E-state index in [9.17, 15) is 4.79 Å². The highest BCUT2D eigenvalue weighted by Gasteiger charge is 2.05. The summed E-state index contributed by atoms with van der Waals surface area (Å²) < 4.78 is 0. The fourth-order valence-corrected chi connectivity index (χ4v) is 2.48. The van der Waals surface area contributed by atoms with Gasteiger partial charge in [-0.1, -0.05) is 35.9 Å². The lowest BCUT2D eigenvalue weighted by Crippen LogP contribution is -1.96. The minimum Gasteiger partial charge on any atom is -0.481 e. The van der Waals surface area contributed by atoms with Crippen molar-refractivity contribution < 1.29 is 9.90 Å². The van der Waals surface area contributed by atoms with Crippen LogP contribution in [0.1, 0.15) is 17.5 Å². The highest BCUT2D eigenvalue weighted by atomic mass is 16.4. The molecule has 0 spiro atoms. The van der Waals surface area contributed by atoms with Crippen molar-refractivity contribution >= 4 is 16.9 Å². The zero-order chi connectivity index (χ0) is 14.8. The standard InChI is InChI=1S/C18H17NO2/c1-12-2-6-14(7-3-12)17-11-15-10-13(5-9-18(20)21)4-8-16(15)19-17/h2-4,6-8,10-11,19H,5,9H2,1H3,(H,20,21). The second-order valence-electron chi connectivity index (χ2n) is 5.36. The van der Waals surface area contributed by atoms with Crippen LogP contribution in [-0.4, -0.2) is 16.1 Å². The maximum atomic E-state index is 10.6. The Hall–Kier alpha value is -2.55. The molecule has 0 aliphatic heterocycles. The number of aromatic amines is 1. The van der Waals surface area contributed by atoms with Crippen molar-refractivity contribution in [2.75, 3.05) is 0 Å². The number of carboxylic acid groups (broad SMARTS) is 1. The first-order chi connectivity index (χ1) is 10.1. The zero-order valence-corrected chi connectivity index (χ0v) is 11.9. The molecule has 0 atom stereocenters. The first kappa shape index (κ1) is 13.4. The summed E-state index contributed by atoms with van der Waals surface area (Å²) in [5.41, 5.74) is 5.61. The predicted octanol–water partition coefficient (Wildman–Crippen LogP) is 4.16. The smallest absolute Gasteiger partial charge is 0.303 e. The van der Waals surface area contributed by atoms with Gasteiger partial charge >= 0.3 is 5.97 Å². The first-order valence-electron chi connectivity index (χ1n) is 7.02. The molecule has 1 aromatic heterocycles. The van der Waals surface area contributed by atoms with E-state index in [1.54, 1.807) is 0 Å². The van der Waals surface area contributed by atoms with Gasteiger partial charge in [-0.3, -0.25) is 4.79 Å². The quantitative estimate of drug-likeness (QED) is 0.753. The summed E-state index contributed by atoms with van der Waals surface area (Å²) in [5.74, 6) is -0.760. The molecule has 106 valence electrons. The van der Waals surface area contributed by atoms with Crippen LogP contribution >= 0.6 is 0 Å². The lowest BCUT2D eigenvalue weighted by Gasteiger charge is -1.98. The van der Waals surface area contributed by atoms with Crippen LogP contribution in [0.25, 0.3) is 22.2 Å². The summed E-state index contributed by atoms with van der Waals surface area (Å²) in [6.07, 6.45) is 0.733. The number of H-pyrrole nitrogens is 1. The van der Waals surface area contributed by atoms with Gasteiger partial charge in [-0.05, 0) is 42.7 Å². The van der Waals surface area contributed by atoms with Crippen LogP contribution in [0.15, 0.2) is 48.5 Å². The number of benzene rings is 2. The topological polar surface area (TPSA) is 53.1 Å². The summed E-state index contributed by atoms with van der Waals surface area (Å²) in [6.45, 7) is 2.07. The number of aliphatic carboxylic acids is 1. The molecule has 0 unspecified atom stereocenters. The average Bonchev–Trinajstić information content (AvgIpc) is 2.88. The molecule has 3 aromatic rings. The largest absolute Gasteiger partial charge is 0.481 e. The number of carboxylic acids is 1. The molecular formula is C18H17NO2. The van der Waals surface area contributed by atoms with Gasteiger partial charge < -0.3 is 10.1 Å². The number of rotatable bonds is 4. The summed E-state index contributed by atoms with van der Waals surface area (Å²) in [5, 5.41) is 9.88. The Bertz CT molecular complexity index is 785. The van der Waals surface area contributed by atoms with Crippen molar-refractivity contribution in [1.82, 2.24) is 4.98 Å². The SMILES string of the molecule is Cc1ccc(-c2cc3cc(CCC(=O)O)ccc3[nH]2)cc1. The molecule has 2 aromatic carbocycles. The minimum absolute atomic E-state index is 0.167. The molecule has 3 nitrogen and oxygen atoms in total. The Labute approximate surface area is 123 Å². The molecule has 3 rings (SSSR count). The molecule has 0 radical (unpaired) electrons. The van der Waals surface area contributed by atoms with Gasteiger partial charge in [-0.25, -0.2) is 0 Å². The Morgan fingerprint density at radius 3 is 2.57 bits per heavy atom. The van der Waals surface area contributed by atoms with Crippen molar-refractivity contribution in [3.05, 3.63) is 59.7 Å². The van der Waals surface area contributed by atoms with Gasteiger partial charge in [-0.2, -0.15) is 0 Å². The van der Waals surface area contributed by atoms with E-state index in [1.807, 2.05) is 12.1 Å². The van der Waals surface area contributed by atoms with Crippen LogP contribution in [0, 0.1) is 6.92 Å². The Balaban J connectivity index is 1.92. The lowest BCUT2D eigenvalue weighted by molar-refractivity contribution is -0.136. The van der Waals surface area contributed by atoms with Gasteiger partial charge in [0.15, 0.2) is 0 Å². The molecule has 3 heteroatoms. The number of fused-ring (bicyclic) bond motifs is 1. The molecule has 0 fully saturated rings. The third-order valence-corrected chi connectivity index (χ3v) is 3.68. The number of aromatic nitrogens is 1. The molecule has 0 aliphatic carbocycles. The second-order valence-corrected chi connectivity index (χ2v) is 5.36. The van der Waals surface area contributed by atoms with Crippen molar-refractivity contribution in [3.63, 3.8) is 0 Å². The lowest BCUT2D eigenvalue weighted by atomic mass is 10.1. The van der Waals surface area contributed by atoms with Gasteiger partial charge in [0.2, 0.25) is 0 Å². The van der Waals surface area contributed by atoms with E-state index in [0.29, 0.717) is 6.42 Å². The van der Waals surface area contributed by atoms with Crippen molar-refractivity contribution in [2.24, 2.45) is 0 Å². The summed E-state index contributed by atoms with van der Waals surface area (Å²) in [7, 11) is 0. The summed E-state index contributed by atoms with van der Waals surface area (Å²) >= 11 is 0. The minimum atomic E-state index is -0.760. The molecule has 21 heavy (non-hydrogen) atoms.